The van der Waals surface area contributed by atoms with Crippen LogP contribution in [0.5, 0.6) is 0 Å². The largest absolute Gasteiger partial charge is 0.476 e. The molecule has 1 aromatic rings. The first kappa shape index (κ1) is 17.4. The van der Waals surface area contributed by atoms with Crippen molar-refractivity contribution in [3.05, 3.63) is 17.7 Å². The van der Waals surface area contributed by atoms with Crippen molar-refractivity contribution in [2.75, 3.05) is 26.0 Å². The highest BCUT2D eigenvalue weighted by atomic mass is 16.4. The summed E-state index contributed by atoms with van der Waals surface area (Å²) in [6.45, 7) is 8.90. The van der Waals surface area contributed by atoms with Crippen molar-refractivity contribution in [1.82, 2.24) is 14.9 Å². The zero-order chi connectivity index (χ0) is 16.2. The highest BCUT2D eigenvalue weighted by molar-refractivity contribution is 5.91. The lowest BCUT2D eigenvalue weighted by Gasteiger charge is -2.27. The normalized spacial score (nSPS) is 13.0. The van der Waals surface area contributed by atoms with E-state index in [-0.39, 0.29) is 17.7 Å². The molecule has 2 N–H and O–H groups in total. The molecule has 0 fully saturated rings. The van der Waals surface area contributed by atoms with E-state index in [4.69, 9.17) is 0 Å². The maximum absolute atomic E-state index is 11.4. The van der Waals surface area contributed by atoms with E-state index in [9.17, 15) is 9.90 Å². The van der Waals surface area contributed by atoms with Crippen molar-refractivity contribution in [2.45, 2.75) is 39.7 Å². The minimum atomic E-state index is -1.03. The minimum Gasteiger partial charge on any atom is -0.476 e. The Bertz CT molecular complexity index is 487. The van der Waals surface area contributed by atoms with Gasteiger partial charge in [0.2, 0.25) is 0 Å². The summed E-state index contributed by atoms with van der Waals surface area (Å²) in [4.78, 5) is 21.9. The van der Waals surface area contributed by atoms with Gasteiger partial charge in [0.1, 0.15) is 5.82 Å². The third-order valence-electron chi connectivity index (χ3n) is 3.23. The van der Waals surface area contributed by atoms with Crippen LogP contribution in [0.4, 0.5) is 5.69 Å². The molecule has 0 aliphatic heterocycles. The van der Waals surface area contributed by atoms with Crippen LogP contribution in [-0.2, 0) is 0 Å². The maximum Gasteiger partial charge on any atom is 0.356 e. The van der Waals surface area contributed by atoms with Gasteiger partial charge in [-0.2, -0.15) is 0 Å². The molecule has 0 aliphatic carbocycles. The summed E-state index contributed by atoms with van der Waals surface area (Å²) in [5.74, 6) is -0.0283. The Labute approximate surface area is 126 Å². The van der Waals surface area contributed by atoms with Gasteiger partial charge < -0.3 is 15.3 Å². The average Bonchev–Trinajstić information content (AvgIpc) is 2.37. The zero-order valence-electron chi connectivity index (χ0n) is 13.7. The number of hydrogen-bond donors (Lipinski definition) is 2. The number of likely N-dealkylation sites (N-methyl/N-ethyl adjacent to an activating group) is 1. The minimum absolute atomic E-state index is 0.0399. The Morgan fingerprint density at radius 1 is 1.33 bits per heavy atom. The number of carboxylic acid groups (broad SMARTS) is 1. The second-order valence-corrected chi connectivity index (χ2v) is 6.21. The van der Waals surface area contributed by atoms with Crippen molar-refractivity contribution < 1.29 is 9.90 Å². The van der Waals surface area contributed by atoms with Gasteiger partial charge in [0.15, 0.2) is 5.69 Å². The summed E-state index contributed by atoms with van der Waals surface area (Å²) in [7, 11) is 3.99. The lowest BCUT2D eigenvalue weighted by Crippen LogP contribution is -2.37. The van der Waals surface area contributed by atoms with Gasteiger partial charge in [0.25, 0.3) is 0 Å². The molecular formula is C15H26N4O2. The molecule has 1 heterocycles. The molecule has 6 heteroatoms. The van der Waals surface area contributed by atoms with Crippen LogP contribution in [-0.4, -0.2) is 52.6 Å². The Morgan fingerprint density at radius 3 is 2.38 bits per heavy atom. The van der Waals surface area contributed by atoms with Crippen molar-refractivity contribution in [3.8, 4) is 0 Å². The number of nitrogens with zero attached hydrogens (tertiary/aromatic N) is 3. The lowest BCUT2D eigenvalue weighted by molar-refractivity contribution is 0.0691. The molecule has 1 aromatic heterocycles. The van der Waals surface area contributed by atoms with Crippen LogP contribution in [0.3, 0.4) is 0 Å². The molecule has 1 rings (SSSR count). The van der Waals surface area contributed by atoms with Crippen molar-refractivity contribution in [3.63, 3.8) is 0 Å². The van der Waals surface area contributed by atoms with Gasteiger partial charge in [0, 0.05) is 18.5 Å². The van der Waals surface area contributed by atoms with Gasteiger partial charge in [-0.15, -0.1) is 0 Å². The molecular weight excluding hydrogens is 268 g/mol. The lowest BCUT2D eigenvalue weighted by atomic mass is 10.0. The number of carboxylic acids is 1. The van der Waals surface area contributed by atoms with Gasteiger partial charge in [-0.25, -0.2) is 14.8 Å². The van der Waals surface area contributed by atoms with E-state index < -0.39 is 5.97 Å². The van der Waals surface area contributed by atoms with Gasteiger partial charge in [-0.3, -0.25) is 0 Å². The van der Waals surface area contributed by atoms with Crippen LogP contribution in [0.15, 0.2) is 6.20 Å². The molecule has 0 saturated heterocycles. The van der Waals surface area contributed by atoms with Gasteiger partial charge in [-0.1, -0.05) is 27.7 Å². The van der Waals surface area contributed by atoms with Crippen LogP contribution >= 0.6 is 0 Å². The molecule has 0 bridgehead atoms. The number of hydrogen-bond acceptors (Lipinski definition) is 5. The fourth-order valence-corrected chi connectivity index (χ4v) is 1.96. The molecule has 0 aromatic carbocycles. The van der Waals surface area contributed by atoms with Crippen LogP contribution < -0.4 is 5.32 Å². The van der Waals surface area contributed by atoms with Crippen LogP contribution in [0.2, 0.25) is 0 Å². The van der Waals surface area contributed by atoms with E-state index >= 15 is 0 Å². The molecule has 1 unspecified atom stereocenters. The van der Waals surface area contributed by atoms with E-state index in [1.807, 2.05) is 27.9 Å². The summed E-state index contributed by atoms with van der Waals surface area (Å²) in [6, 6.07) is 0.131. The number of rotatable bonds is 7. The van der Waals surface area contributed by atoms with Gasteiger partial charge in [-0.05, 0) is 20.0 Å². The van der Waals surface area contributed by atoms with E-state index in [1.165, 1.54) is 0 Å². The van der Waals surface area contributed by atoms with Crippen molar-refractivity contribution >= 4 is 11.7 Å². The quantitative estimate of drug-likeness (QED) is 0.803. The van der Waals surface area contributed by atoms with Crippen molar-refractivity contribution in [2.24, 2.45) is 5.92 Å². The third-order valence-corrected chi connectivity index (χ3v) is 3.23. The number of aromatic carboxylic acids is 1. The zero-order valence-corrected chi connectivity index (χ0v) is 13.7. The van der Waals surface area contributed by atoms with E-state index in [0.717, 1.165) is 6.54 Å². The Hall–Kier alpha value is -1.69. The fourth-order valence-electron chi connectivity index (χ4n) is 1.96. The van der Waals surface area contributed by atoms with E-state index in [2.05, 4.69) is 34.0 Å². The first-order chi connectivity index (χ1) is 9.72. The second kappa shape index (κ2) is 7.36. The highest BCUT2D eigenvalue weighted by Gasteiger charge is 2.20. The smallest absolute Gasteiger partial charge is 0.356 e. The van der Waals surface area contributed by atoms with Crippen molar-refractivity contribution in [1.29, 1.82) is 0 Å². The maximum atomic E-state index is 11.4. The van der Waals surface area contributed by atoms with E-state index in [1.54, 1.807) is 6.20 Å². The van der Waals surface area contributed by atoms with Gasteiger partial charge >= 0.3 is 5.97 Å². The molecule has 118 valence electrons. The summed E-state index contributed by atoms with van der Waals surface area (Å²) >= 11 is 0. The topological polar surface area (TPSA) is 78.4 Å². The predicted molar refractivity (Wildman–Crippen MR) is 83.9 cm³/mol. The summed E-state index contributed by atoms with van der Waals surface area (Å²) in [5.41, 5.74) is 0.519. The summed E-state index contributed by atoms with van der Waals surface area (Å²) in [6.07, 6.45) is 1.58. The summed E-state index contributed by atoms with van der Waals surface area (Å²) in [5, 5.41) is 12.6. The first-order valence-electron chi connectivity index (χ1n) is 7.23. The number of aromatic nitrogens is 2. The molecule has 6 nitrogen and oxygen atoms in total. The number of carbonyl (C=O) groups is 1. The molecule has 0 radical (unpaired) electrons. The standard InChI is InChI=1S/C15H26N4O2/c1-9(2)12(8-19(5)6)17-11-7-16-14(10(3)4)18-13(11)15(20)21/h7,9-10,12,17H,8H2,1-6H3,(H,20,21). The number of nitrogens with one attached hydrogen (secondary N) is 1. The third kappa shape index (κ3) is 4.97. The molecule has 1 atom stereocenters. The fraction of sp³-hybridized carbons (Fsp3) is 0.667. The first-order valence-corrected chi connectivity index (χ1v) is 7.23. The predicted octanol–water partition coefficient (Wildman–Crippen LogP) is 2.30. The monoisotopic (exact) mass is 294 g/mol. The molecule has 21 heavy (non-hydrogen) atoms. The average molecular weight is 294 g/mol. The Balaban J connectivity index is 3.08. The van der Waals surface area contributed by atoms with Gasteiger partial charge in [0.05, 0.1) is 11.9 Å². The molecule has 0 saturated carbocycles. The van der Waals surface area contributed by atoms with Crippen LogP contribution in [0, 0.1) is 5.92 Å². The van der Waals surface area contributed by atoms with E-state index in [0.29, 0.717) is 17.4 Å². The summed E-state index contributed by atoms with van der Waals surface area (Å²) < 4.78 is 0. The highest BCUT2D eigenvalue weighted by Crippen LogP contribution is 2.19. The van der Waals surface area contributed by atoms with Crippen LogP contribution in [0.25, 0.3) is 0 Å². The molecule has 0 spiro atoms. The number of anilines is 1. The second-order valence-electron chi connectivity index (χ2n) is 6.21. The van der Waals surface area contributed by atoms with Crippen LogP contribution in [0.1, 0.15) is 49.9 Å². The Kier molecular flexibility index (Phi) is 6.08. The SMILES string of the molecule is CC(C)c1ncc(NC(CN(C)C)C(C)C)c(C(=O)O)n1. The Morgan fingerprint density at radius 2 is 1.95 bits per heavy atom. The molecule has 0 amide bonds. The molecule has 0 aliphatic rings.